The number of nitrogens with zero attached hydrogens (tertiary/aromatic N) is 4. The van der Waals surface area contributed by atoms with Crippen molar-refractivity contribution in [3.05, 3.63) is 69.3 Å². The molecule has 1 aliphatic rings. The van der Waals surface area contributed by atoms with Crippen LogP contribution >= 0.6 is 27.3 Å². The second kappa shape index (κ2) is 7.73. The number of carbonyl (C=O) groups excluding carboxylic acids is 1. The summed E-state index contributed by atoms with van der Waals surface area (Å²) in [5, 5.41) is 0. The second-order valence-corrected chi connectivity index (χ2v) is 8.81. The Bertz CT molecular complexity index is 884. The monoisotopic (exact) mass is 430 g/mol. The van der Waals surface area contributed by atoms with Crippen molar-refractivity contribution in [2.45, 2.75) is 6.54 Å². The average molecular weight is 431 g/mol. The van der Waals surface area contributed by atoms with Gasteiger partial charge in [-0.05, 0) is 40.2 Å². The van der Waals surface area contributed by atoms with E-state index in [1.54, 1.807) is 23.9 Å². The molecule has 3 aromatic rings. The quantitative estimate of drug-likeness (QED) is 0.633. The maximum atomic E-state index is 13.0. The Balaban J connectivity index is 1.41. The Morgan fingerprint density at radius 2 is 1.85 bits per heavy atom. The lowest BCUT2D eigenvalue weighted by atomic mass is 10.2. The van der Waals surface area contributed by atoms with Gasteiger partial charge in [0, 0.05) is 43.3 Å². The molecule has 26 heavy (non-hydrogen) atoms. The standard InChI is InChI=1S/C19H19BrN4OS/c20-18-7-6-16(26-18)13-22-8-10-23(11-9-22)19(25)17-12-21-14-24(17)15-4-2-1-3-5-15/h1-7,12,14H,8-11,13H2. The number of para-hydroxylation sites is 1. The highest BCUT2D eigenvalue weighted by Crippen LogP contribution is 2.24. The highest BCUT2D eigenvalue weighted by Gasteiger charge is 2.24. The molecule has 5 nitrogen and oxygen atoms in total. The van der Waals surface area contributed by atoms with Gasteiger partial charge in [0.2, 0.25) is 0 Å². The summed E-state index contributed by atoms with van der Waals surface area (Å²) in [4.78, 5) is 22.8. The summed E-state index contributed by atoms with van der Waals surface area (Å²) in [6, 6.07) is 14.1. The Kier molecular flexibility index (Phi) is 5.19. The number of thiophene rings is 1. The summed E-state index contributed by atoms with van der Waals surface area (Å²) in [6.07, 6.45) is 3.36. The van der Waals surface area contributed by atoms with Gasteiger partial charge in [-0.15, -0.1) is 11.3 Å². The summed E-state index contributed by atoms with van der Waals surface area (Å²) >= 11 is 5.28. The van der Waals surface area contributed by atoms with Crippen LogP contribution < -0.4 is 0 Å². The van der Waals surface area contributed by atoms with Crippen molar-refractivity contribution in [2.24, 2.45) is 0 Å². The van der Waals surface area contributed by atoms with Gasteiger partial charge in [-0.25, -0.2) is 4.98 Å². The van der Waals surface area contributed by atoms with Crippen molar-refractivity contribution < 1.29 is 4.79 Å². The summed E-state index contributed by atoms with van der Waals surface area (Å²) in [7, 11) is 0. The van der Waals surface area contributed by atoms with Crippen LogP contribution in [0.25, 0.3) is 5.69 Å². The lowest BCUT2D eigenvalue weighted by Crippen LogP contribution is -2.48. The van der Waals surface area contributed by atoms with E-state index in [9.17, 15) is 4.79 Å². The molecule has 0 radical (unpaired) electrons. The Morgan fingerprint density at radius 3 is 2.54 bits per heavy atom. The molecular formula is C19H19BrN4OS. The molecule has 1 fully saturated rings. The van der Waals surface area contributed by atoms with Crippen LogP contribution in [0.15, 0.2) is 58.8 Å². The summed E-state index contributed by atoms with van der Waals surface area (Å²) in [6.45, 7) is 4.21. The van der Waals surface area contributed by atoms with E-state index in [1.807, 2.05) is 39.8 Å². The van der Waals surface area contributed by atoms with Crippen molar-refractivity contribution in [1.29, 1.82) is 0 Å². The van der Waals surface area contributed by atoms with E-state index in [0.29, 0.717) is 5.69 Å². The van der Waals surface area contributed by atoms with E-state index in [0.717, 1.165) is 42.2 Å². The van der Waals surface area contributed by atoms with E-state index in [-0.39, 0.29) is 5.91 Å². The fourth-order valence-corrected chi connectivity index (χ4v) is 4.70. The molecule has 0 unspecified atom stereocenters. The summed E-state index contributed by atoms with van der Waals surface area (Å²) < 4.78 is 3.02. The van der Waals surface area contributed by atoms with Gasteiger partial charge < -0.3 is 4.90 Å². The third-order valence-corrected chi connectivity index (χ3v) is 6.17. The van der Waals surface area contributed by atoms with Gasteiger partial charge in [-0.2, -0.15) is 0 Å². The molecule has 0 atom stereocenters. The van der Waals surface area contributed by atoms with Crippen LogP contribution in [0.2, 0.25) is 0 Å². The van der Waals surface area contributed by atoms with E-state index in [1.165, 1.54) is 4.88 Å². The summed E-state index contributed by atoms with van der Waals surface area (Å²) in [5.74, 6) is 0.0462. The van der Waals surface area contributed by atoms with E-state index < -0.39 is 0 Å². The SMILES string of the molecule is O=C(c1cncn1-c1ccccc1)N1CCN(Cc2ccc(Br)s2)CC1. The first-order valence-electron chi connectivity index (χ1n) is 8.54. The molecule has 2 aromatic heterocycles. The van der Waals surface area contributed by atoms with Gasteiger partial charge in [0.15, 0.2) is 0 Å². The lowest BCUT2D eigenvalue weighted by Gasteiger charge is -2.34. The molecule has 0 spiro atoms. The zero-order chi connectivity index (χ0) is 17.9. The number of rotatable bonds is 4. The first-order chi connectivity index (χ1) is 12.7. The van der Waals surface area contributed by atoms with Crippen LogP contribution in [0.4, 0.5) is 0 Å². The van der Waals surface area contributed by atoms with E-state index in [2.05, 4.69) is 37.9 Å². The summed E-state index contributed by atoms with van der Waals surface area (Å²) in [5.41, 5.74) is 1.57. The van der Waals surface area contributed by atoms with Gasteiger partial charge in [0.1, 0.15) is 5.69 Å². The molecule has 1 amide bonds. The van der Waals surface area contributed by atoms with E-state index >= 15 is 0 Å². The first-order valence-corrected chi connectivity index (χ1v) is 10.2. The average Bonchev–Trinajstić information content (AvgIpc) is 3.32. The molecule has 1 aromatic carbocycles. The zero-order valence-electron chi connectivity index (χ0n) is 14.2. The predicted molar refractivity (Wildman–Crippen MR) is 107 cm³/mol. The molecule has 0 saturated carbocycles. The van der Waals surface area contributed by atoms with Crippen LogP contribution in [-0.2, 0) is 6.54 Å². The number of carbonyl (C=O) groups is 1. The number of hydrogen-bond acceptors (Lipinski definition) is 4. The van der Waals surface area contributed by atoms with Crippen LogP contribution in [-0.4, -0.2) is 51.4 Å². The normalized spacial score (nSPS) is 15.3. The molecule has 3 heterocycles. The molecule has 0 N–H and O–H groups in total. The van der Waals surface area contributed by atoms with Crippen LogP contribution in [0, 0.1) is 0 Å². The van der Waals surface area contributed by atoms with Gasteiger partial charge in [-0.3, -0.25) is 14.3 Å². The minimum atomic E-state index is 0.0462. The topological polar surface area (TPSA) is 41.4 Å². The predicted octanol–water partition coefficient (Wildman–Crippen LogP) is 3.65. The third-order valence-electron chi connectivity index (χ3n) is 4.56. The molecule has 1 aliphatic heterocycles. The maximum Gasteiger partial charge on any atom is 0.272 e. The first kappa shape index (κ1) is 17.5. The molecule has 1 saturated heterocycles. The lowest BCUT2D eigenvalue weighted by molar-refractivity contribution is 0.0622. The Labute approximate surface area is 165 Å². The number of halogens is 1. The van der Waals surface area contributed by atoms with Gasteiger partial charge in [0.25, 0.3) is 5.91 Å². The maximum absolute atomic E-state index is 13.0. The van der Waals surface area contributed by atoms with Crippen molar-refractivity contribution >= 4 is 33.2 Å². The van der Waals surface area contributed by atoms with Gasteiger partial charge in [-0.1, -0.05) is 18.2 Å². The molecule has 0 aliphatic carbocycles. The van der Waals surface area contributed by atoms with Crippen molar-refractivity contribution in [1.82, 2.24) is 19.4 Å². The highest BCUT2D eigenvalue weighted by atomic mass is 79.9. The Morgan fingerprint density at radius 1 is 1.08 bits per heavy atom. The van der Waals surface area contributed by atoms with Crippen LogP contribution in [0.1, 0.15) is 15.4 Å². The van der Waals surface area contributed by atoms with Gasteiger partial charge >= 0.3 is 0 Å². The fourth-order valence-electron chi connectivity index (χ4n) is 3.18. The Hall–Kier alpha value is -1.96. The van der Waals surface area contributed by atoms with Gasteiger partial charge in [0.05, 0.1) is 16.3 Å². The minimum Gasteiger partial charge on any atom is -0.335 e. The third kappa shape index (κ3) is 3.75. The van der Waals surface area contributed by atoms with E-state index in [4.69, 9.17) is 0 Å². The largest absolute Gasteiger partial charge is 0.335 e. The van der Waals surface area contributed by atoms with Crippen LogP contribution in [0.5, 0.6) is 0 Å². The second-order valence-electron chi connectivity index (χ2n) is 6.26. The minimum absolute atomic E-state index is 0.0462. The van der Waals surface area contributed by atoms with Crippen molar-refractivity contribution in [3.63, 3.8) is 0 Å². The molecule has 4 rings (SSSR count). The number of aromatic nitrogens is 2. The molecule has 7 heteroatoms. The number of benzene rings is 1. The van der Waals surface area contributed by atoms with Crippen molar-refractivity contribution in [2.75, 3.05) is 26.2 Å². The zero-order valence-corrected chi connectivity index (χ0v) is 16.6. The smallest absolute Gasteiger partial charge is 0.272 e. The molecular weight excluding hydrogens is 412 g/mol. The number of imidazole rings is 1. The number of hydrogen-bond donors (Lipinski definition) is 0. The number of piperazine rings is 1. The fraction of sp³-hybridized carbons (Fsp3) is 0.263. The molecule has 134 valence electrons. The number of amides is 1. The van der Waals surface area contributed by atoms with Crippen LogP contribution in [0.3, 0.4) is 0 Å². The molecule has 0 bridgehead atoms. The highest BCUT2D eigenvalue weighted by molar-refractivity contribution is 9.11. The van der Waals surface area contributed by atoms with Crippen molar-refractivity contribution in [3.8, 4) is 5.69 Å².